The molecule has 2 aromatic heterocycles. The highest BCUT2D eigenvalue weighted by Gasteiger charge is 2.29. The second-order valence-corrected chi connectivity index (χ2v) is 8.28. The summed E-state index contributed by atoms with van der Waals surface area (Å²) in [4.78, 5) is 23.2. The van der Waals surface area contributed by atoms with Crippen molar-refractivity contribution in [3.8, 4) is 11.1 Å². The van der Waals surface area contributed by atoms with Crippen LogP contribution in [0.25, 0.3) is 22.2 Å². The minimum absolute atomic E-state index is 0.0277. The van der Waals surface area contributed by atoms with Crippen LogP contribution in [0.3, 0.4) is 0 Å². The molecule has 2 aromatic carbocycles. The largest absolute Gasteiger partial charge is 0.449 e. The molecule has 9 nitrogen and oxygen atoms in total. The van der Waals surface area contributed by atoms with Crippen molar-refractivity contribution in [3.63, 3.8) is 0 Å². The molecule has 1 amide bonds. The normalized spacial score (nSPS) is 14.4. The number of ether oxygens (including phenoxy) is 1. The number of rotatable bonds is 7. The Kier molecular flexibility index (Phi) is 5.87. The fourth-order valence-electron chi connectivity index (χ4n) is 4.58. The first-order chi connectivity index (χ1) is 16.5. The van der Waals surface area contributed by atoms with Crippen LogP contribution in [0.5, 0.6) is 0 Å². The van der Waals surface area contributed by atoms with Crippen LogP contribution in [0, 0.1) is 0 Å². The average Bonchev–Trinajstić information content (AvgIpc) is 3.43. The lowest BCUT2D eigenvalue weighted by Crippen LogP contribution is -2.30. The number of nitrogen functional groups attached to an aromatic ring is 1. The van der Waals surface area contributed by atoms with E-state index in [-0.39, 0.29) is 31.3 Å². The summed E-state index contributed by atoms with van der Waals surface area (Å²) >= 11 is 0. The average molecular weight is 460 g/mol. The summed E-state index contributed by atoms with van der Waals surface area (Å²) in [5.41, 5.74) is 11.4. The van der Waals surface area contributed by atoms with Gasteiger partial charge in [-0.3, -0.25) is 0 Å². The maximum Gasteiger partial charge on any atom is 0.407 e. The molecule has 0 saturated heterocycles. The standard InChI is InChI=1S/C25H25N5O4/c26-23-21-18(11-28-24(21)30-13-29-23)22(32)20(31)9-10-27-25(33)34-12-19-16-7-3-1-5-14(16)15-6-2-4-8-17(15)19/h1-8,11,13,19-20,22,31-32H,9-10,12H2,(H,27,33)(H3,26,28,29,30). The fraction of sp³-hybridized carbons (Fsp3) is 0.240. The molecule has 2 heterocycles. The van der Waals surface area contributed by atoms with E-state index in [2.05, 4.69) is 44.5 Å². The Morgan fingerprint density at radius 2 is 1.76 bits per heavy atom. The molecule has 2 unspecified atom stereocenters. The number of H-pyrrole nitrogens is 1. The Balaban J connectivity index is 1.15. The number of carbonyl (C=O) groups excluding carboxylic acids is 1. The first kappa shape index (κ1) is 21.9. The number of hydrogen-bond donors (Lipinski definition) is 5. The molecule has 0 aliphatic heterocycles. The minimum atomic E-state index is -1.22. The highest BCUT2D eigenvalue weighted by molar-refractivity contribution is 5.89. The predicted molar refractivity (Wildman–Crippen MR) is 127 cm³/mol. The number of aliphatic hydroxyl groups excluding tert-OH is 2. The summed E-state index contributed by atoms with van der Waals surface area (Å²) in [6.07, 6.45) is 0.0555. The number of hydrogen-bond acceptors (Lipinski definition) is 7. The monoisotopic (exact) mass is 459 g/mol. The van der Waals surface area contributed by atoms with Crippen molar-refractivity contribution in [2.24, 2.45) is 0 Å². The van der Waals surface area contributed by atoms with Crippen molar-refractivity contribution in [2.75, 3.05) is 18.9 Å². The molecular weight excluding hydrogens is 434 g/mol. The van der Waals surface area contributed by atoms with Gasteiger partial charge in [-0.2, -0.15) is 0 Å². The van der Waals surface area contributed by atoms with Crippen molar-refractivity contribution in [2.45, 2.75) is 24.5 Å². The Morgan fingerprint density at radius 3 is 2.47 bits per heavy atom. The minimum Gasteiger partial charge on any atom is -0.449 e. The SMILES string of the molecule is Nc1ncnc2[nH]cc(C(O)C(O)CCNC(=O)OCC3c4ccccc4-c4ccccc43)c12. The molecule has 1 aliphatic rings. The van der Waals surface area contributed by atoms with Crippen molar-refractivity contribution >= 4 is 22.9 Å². The summed E-state index contributed by atoms with van der Waals surface area (Å²) in [6.45, 7) is 0.336. The van der Waals surface area contributed by atoms with Gasteiger partial charge in [0.1, 0.15) is 30.5 Å². The fourth-order valence-corrected chi connectivity index (χ4v) is 4.58. The van der Waals surface area contributed by atoms with Crippen LogP contribution in [0.15, 0.2) is 61.1 Å². The molecule has 0 bridgehead atoms. The first-order valence-corrected chi connectivity index (χ1v) is 11.1. The van der Waals surface area contributed by atoms with Crippen LogP contribution in [0.1, 0.15) is 35.1 Å². The Bertz CT molecular complexity index is 1290. The van der Waals surface area contributed by atoms with Crippen molar-refractivity contribution in [1.82, 2.24) is 20.3 Å². The summed E-state index contributed by atoms with van der Waals surface area (Å²) in [7, 11) is 0. The number of nitrogens with two attached hydrogens (primary N) is 1. The summed E-state index contributed by atoms with van der Waals surface area (Å²) in [5, 5.41) is 24.1. The number of benzene rings is 2. The Hall–Kier alpha value is -3.95. The van der Waals surface area contributed by atoms with E-state index in [4.69, 9.17) is 10.5 Å². The molecule has 5 rings (SSSR count). The third kappa shape index (κ3) is 3.95. The van der Waals surface area contributed by atoms with Crippen molar-refractivity contribution < 1.29 is 19.7 Å². The van der Waals surface area contributed by atoms with Gasteiger partial charge in [-0.05, 0) is 28.7 Å². The van der Waals surface area contributed by atoms with Crippen LogP contribution < -0.4 is 11.1 Å². The molecule has 4 aromatic rings. The number of nitrogens with zero attached hydrogens (tertiary/aromatic N) is 2. The summed E-state index contributed by atoms with van der Waals surface area (Å²) < 4.78 is 5.50. The third-order valence-electron chi connectivity index (χ3n) is 6.27. The van der Waals surface area contributed by atoms with Gasteiger partial charge in [-0.15, -0.1) is 0 Å². The molecule has 0 fully saturated rings. The maximum absolute atomic E-state index is 12.3. The van der Waals surface area contributed by atoms with Crippen LogP contribution in [-0.2, 0) is 4.74 Å². The maximum atomic E-state index is 12.3. The molecule has 0 saturated carbocycles. The van der Waals surface area contributed by atoms with E-state index < -0.39 is 18.3 Å². The lowest BCUT2D eigenvalue weighted by molar-refractivity contribution is 0.0145. The smallest absolute Gasteiger partial charge is 0.407 e. The summed E-state index contributed by atoms with van der Waals surface area (Å²) in [6, 6.07) is 16.2. The topological polar surface area (TPSA) is 146 Å². The van der Waals surface area contributed by atoms with E-state index in [0.717, 1.165) is 22.3 Å². The van der Waals surface area contributed by atoms with Crippen molar-refractivity contribution in [3.05, 3.63) is 77.7 Å². The van der Waals surface area contributed by atoms with E-state index in [1.54, 1.807) is 6.20 Å². The molecule has 0 spiro atoms. The van der Waals surface area contributed by atoms with E-state index in [1.165, 1.54) is 6.33 Å². The van der Waals surface area contributed by atoms with Gasteiger partial charge in [0, 0.05) is 24.2 Å². The number of nitrogens with one attached hydrogen (secondary N) is 2. The van der Waals surface area contributed by atoms with Gasteiger partial charge < -0.3 is 31.0 Å². The molecular formula is C25H25N5O4. The number of carbonyl (C=O) groups is 1. The zero-order valence-electron chi connectivity index (χ0n) is 18.3. The third-order valence-corrected chi connectivity index (χ3v) is 6.27. The Morgan fingerprint density at radius 1 is 1.09 bits per heavy atom. The van der Waals surface area contributed by atoms with Crippen LogP contribution in [0.4, 0.5) is 10.6 Å². The van der Waals surface area contributed by atoms with Gasteiger partial charge in [-0.1, -0.05) is 48.5 Å². The number of aromatic amines is 1. The molecule has 0 radical (unpaired) electrons. The molecule has 9 heteroatoms. The highest BCUT2D eigenvalue weighted by atomic mass is 16.5. The van der Waals surface area contributed by atoms with Crippen LogP contribution in [-0.4, -0.2) is 50.5 Å². The van der Waals surface area contributed by atoms with E-state index in [1.807, 2.05) is 24.3 Å². The molecule has 1 aliphatic carbocycles. The van der Waals surface area contributed by atoms with Gasteiger partial charge in [0.05, 0.1) is 11.5 Å². The van der Waals surface area contributed by atoms with Gasteiger partial charge in [0.2, 0.25) is 0 Å². The zero-order valence-corrected chi connectivity index (χ0v) is 18.3. The van der Waals surface area contributed by atoms with Gasteiger partial charge in [0.15, 0.2) is 0 Å². The predicted octanol–water partition coefficient (Wildman–Crippen LogP) is 2.86. The molecule has 174 valence electrons. The zero-order chi connectivity index (χ0) is 23.7. The highest BCUT2D eigenvalue weighted by Crippen LogP contribution is 2.44. The molecule has 34 heavy (non-hydrogen) atoms. The van der Waals surface area contributed by atoms with Gasteiger partial charge in [0.25, 0.3) is 0 Å². The molecule has 6 N–H and O–H groups in total. The first-order valence-electron chi connectivity index (χ1n) is 11.1. The number of fused-ring (bicyclic) bond motifs is 4. The second kappa shape index (κ2) is 9.12. The number of alkyl carbamates (subject to hydrolysis) is 1. The van der Waals surface area contributed by atoms with E-state index >= 15 is 0 Å². The van der Waals surface area contributed by atoms with E-state index in [9.17, 15) is 15.0 Å². The molecule has 2 atom stereocenters. The van der Waals surface area contributed by atoms with E-state index in [0.29, 0.717) is 16.6 Å². The second-order valence-electron chi connectivity index (χ2n) is 8.28. The number of aliphatic hydroxyl groups is 2. The van der Waals surface area contributed by atoms with Crippen LogP contribution >= 0.6 is 0 Å². The van der Waals surface area contributed by atoms with Gasteiger partial charge in [-0.25, -0.2) is 14.8 Å². The van der Waals surface area contributed by atoms with Gasteiger partial charge >= 0.3 is 6.09 Å². The lowest BCUT2D eigenvalue weighted by atomic mass is 9.98. The summed E-state index contributed by atoms with van der Waals surface area (Å²) in [5.74, 6) is 0.185. The number of anilines is 1. The lowest BCUT2D eigenvalue weighted by Gasteiger charge is -2.18. The number of amides is 1. The Labute approximate surface area is 195 Å². The van der Waals surface area contributed by atoms with Crippen LogP contribution in [0.2, 0.25) is 0 Å². The number of aromatic nitrogens is 3. The van der Waals surface area contributed by atoms with Crippen molar-refractivity contribution in [1.29, 1.82) is 0 Å². The quantitative estimate of drug-likeness (QED) is 0.286.